The average Bonchev–Trinajstić information content (AvgIpc) is 3.10. The predicted molar refractivity (Wildman–Crippen MR) is 103 cm³/mol. The van der Waals surface area contributed by atoms with E-state index in [4.69, 9.17) is 16.3 Å². The van der Waals surface area contributed by atoms with Crippen LogP contribution < -0.4 is 14.8 Å². The molecule has 154 valence electrons. The van der Waals surface area contributed by atoms with Crippen LogP contribution >= 0.6 is 11.6 Å². The maximum absolute atomic E-state index is 14.4. The number of aromatic nitrogens is 2. The van der Waals surface area contributed by atoms with E-state index in [0.717, 1.165) is 0 Å². The average molecular weight is 426 g/mol. The summed E-state index contributed by atoms with van der Waals surface area (Å²) in [5.41, 5.74) is 1.07. The van der Waals surface area contributed by atoms with Crippen molar-refractivity contribution in [3.63, 3.8) is 0 Å². The van der Waals surface area contributed by atoms with Crippen molar-refractivity contribution in [1.82, 2.24) is 14.9 Å². The van der Waals surface area contributed by atoms with Crippen molar-refractivity contribution in [3.8, 4) is 11.5 Å². The normalized spacial score (nSPS) is 12.2. The summed E-state index contributed by atoms with van der Waals surface area (Å²) in [6.07, 6.45) is 3.39. The van der Waals surface area contributed by atoms with Gasteiger partial charge >= 0.3 is 6.61 Å². The Hall–Kier alpha value is -2.71. The first-order chi connectivity index (χ1) is 13.9. The van der Waals surface area contributed by atoms with E-state index in [1.165, 1.54) is 25.3 Å². The lowest BCUT2D eigenvalue weighted by Crippen LogP contribution is -2.25. The van der Waals surface area contributed by atoms with Crippen LogP contribution in [0.5, 0.6) is 11.5 Å². The molecule has 0 saturated heterocycles. The number of hydrogen-bond acceptors (Lipinski definition) is 4. The molecule has 29 heavy (non-hydrogen) atoms. The van der Waals surface area contributed by atoms with Gasteiger partial charge in [-0.15, -0.1) is 0 Å². The zero-order valence-corrected chi connectivity index (χ0v) is 16.5. The Labute approximate surface area is 171 Å². The van der Waals surface area contributed by atoms with Crippen molar-refractivity contribution in [2.24, 2.45) is 7.05 Å². The maximum atomic E-state index is 14.4. The molecule has 1 aromatic heterocycles. The molecule has 0 amide bonds. The molecule has 1 heterocycles. The van der Waals surface area contributed by atoms with Crippen molar-refractivity contribution in [1.29, 1.82) is 0 Å². The summed E-state index contributed by atoms with van der Waals surface area (Å²) >= 11 is 6.10. The number of hydrogen-bond donors (Lipinski definition) is 1. The number of methoxy groups -OCH3 is 1. The topological polar surface area (TPSA) is 48.3 Å². The van der Waals surface area contributed by atoms with Gasteiger partial charge < -0.3 is 14.0 Å². The monoisotopic (exact) mass is 425 g/mol. The summed E-state index contributed by atoms with van der Waals surface area (Å²) in [7, 11) is 3.14. The highest BCUT2D eigenvalue weighted by molar-refractivity contribution is 6.32. The molecule has 1 unspecified atom stereocenters. The van der Waals surface area contributed by atoms with Crippen LogP contribution in [0.3, 0.4) is 0 Å². The molecule has 3 rings (SSSR count). The number of ether oxygens (including phenoxy) is 2. The van der Waals surface area contributed by atoms with Crippen LogP contribution in [0, 0.1) is 5.82 Å². The fraction of sp³-hybridized carbons (Fsp3) is 0.250. The second kappa shape index (κ2) is 9.19. The molecule has 1 N–H and O–H groups in total. The Morgan fingerprint density at radius 2 is 2.00 bits per heavy atom. The van der Waals surface area contributed by atoms with Gasteiger partial charge in [0, 0.05) is 31.5 Å². The zero-order valence-electron chi connectivity index (χ0n) is 15.7. The molecule has 0 aliphatic carbocycles. The third-order valence-corrected chi connectivity index (χ3v) is 4.62. The van der Waals surface area contributed by atoms with Crippen molar-refractivity contribution < 1.29 is 22.6 Å². The number of rotatable bonds is 8. The molecule has 9 heteroatoms. The van der Waals surface area contributed by atoms with E-state index in [0.29, 0.717) is 17.0 Å². The molecule has 2 aromatic carbocycles. The molecule has 5 nitrogen and oxygen atoms in total. The van der Waals surface area contributed by atoms with Crippen molar-refractivity contribution in [2.45, 2.75) is 19.2 Å². The number of benzene rings is 2. The summed E-state index contributed by atoms with van der Waals surface area (Å²) in [6, 6.07) is 8.89. The number of halogens is 4. The van der Waals surface area contributed by atoms with Gasteiger partial charge in [-0.25, -0.2) is 9.37 Å². The number of alkyl halides is 2. The number of nitrogens with one attached hydrogen (secondary N) is 1. The molecule has 3 aromatic rings. The van der Waals surface area contributed by atoms with Gasteiger partial charge in [0.05, 0.1) is 18.2 Å². The molecule has 0 aliphatic heterocycles. The summed E-state index contributed by atoms with van der Waals surface area (Å²) < 4.78 is 51.0. The quantitative estimate of drug-likeness (QED) is 0.568. The van der Waals surface area contributed by atoms with E-state index in [9.17, 15) is 13.2 Å². The standard InChI is InChI=1S/C20H19ClF3N3O2/c1-27-8-7-25-19(27)17(13-5-3-4-6-15(13)22)26-11-12-9-14(21)18(29-20(23)24)16(10-12)28-2/h3-10,17,20,26H,11H2,1-2H3. The second-order valence-corrected chi connectivity index (χ2v) is 6.63. The smallest absolute Gasteiger partial charge is 0.387 e. The molecule has 0 fully saturated rings. The Morgan fingerprint density at radius 3 is 2.62 bits per heavy atom. The molecule has 0 spiro atoms. The summed E-state index contributed by atoms with van der Waals surface area (Å²) in [5, 5.41) is 3.24. The van der Waals surface area contributed by atoms with Crippen LogP contribution in [0.25, 0.3) is 0 Å². The molecular formula is C20H19ClF3N3O2. The van der Waals surface area contributed by atoms with Gasteiger partial charge in [0.2, 0.25) is 0 Å². The molecular weight excluding hydrogens is 407 g/mol. The fourth-order valence-electron chi connectivity index (χ4n) is 3.00. The van der Waals surface area contributed by atoms with E-state index in [2.05, 4.69) is 15.0 Å². The molecule has 0 saturated carbocycles. The minimum atomic E-state index is -3.03. The SMILES string of the molecule is COc1cc(CNC(c2ccccc2F)c2nccn2C)cc(Cl)c1OC(F)F. The summed E-state index contributed by atoms with van der Waals surface area (Å²) in [4.78, 5) is 4.32. The van der Waals surface area contributed by atoms with Gasteiger partial charge in [0.1, 0.15) is 11.6 Å². The molecule has 1 atom stereocenters. The highest BCUT2D eigenvalue weighted by atomic mass is 35.5. The molecule has 0 bridgehead atoms. The van der Waals surface area contributed by atoms with Crippen LogP contribution in [0.2, 0.25) is 5.02 Å². The lowest BCUT2D eigenvalue weighted by Gasteiger charge is -2.20. The minimum absolute atomic E-state index is 0.0131. The predicted octanol–water partition coefficient (Wildman–Crippen LogP) is 4.70. The third kappa shape index (κ3) is 4.83. The van der Waals surface area contributed by atoms with Crippen LogP contribution in [0.4, 0.5) is 13.2 Å². The van der Waals surface area contributed by atoms with Gasteiger partial charge in [0.25, 0.3) is 0 Å². The largest absolute Gasteiger partial charge is 0.493 e. The molecule has 0 radical (unpaired) electrons. The van der Waals surface area contributed by atoms with Gasteiger partial charge in [0.15, 0.2) is 11.5 Å². The Morgan fingerprint density at radius 1 is 1.24 bits per heavy atom. The van der Waals surface area contributed by atoms with Crippen molar-refractivity contribution in [2.75, 3.05) is 7.11 Å². The Kier molecular flexibility index (Phi) is 6.66. The number of nitrogens with zero attached hydrogens (tertiary/aromatic N) is 2. The molecule has 0 aliphatic rings. The second-order valence-electron chi connectivity index (χ2n) is 6.22. The first kappa shape index (κ1) is 21.0. The van der Waals surface area contributed by atoms with Gasteiger partial charge in [-0.3, -0.25) is 5.32 Å². The Balaban J connectivity index is 1.90. The van der Waals surface area contributed by atoms with E-state index in [-0.39, 0.29) is 28.9 Å². The van der Waals surface area contributed by atoms with Crippen molar-refractivity contribution in [3.05, 3.63) is 76.6 Å². The lowest BCUT2D eigenvalue weighted by atomic mass is 10.0. The first-order valence-corrected chi connectivity index (χ1v) is 9.04. The summed E-state index contributed by atoms with van der Waals surface area (Å²) in [6.45, 7) is -2.78. The van der Waals surface area contributed by atoms with Gasteiger partial charge in [-0.1, -0.05) is 29.8 Å². The van der Waals surface area contributed by atoms with E-state index < -0.39 is 12.7 Å². The van der Waals surface area contributed by atoms with Gasteiger partial charge in [-0.05, 0) is 23.8 Å². The number of imidazole rings is 1. The van der Waals surface area contributed by atoms with E-state index in [1.54, 1.807) is 35.2 Å². The summed E-state index contributed by atoms with van der Waals surface area (Å²) in [5.74, 6) is 0.0896. The van der Waals surface area contributed by atoms with Crippen molar-refractivity contribution >= 4 is 11.6 Å². The van der Waals surface area contributed by atoms with Crippen LogP contribution in [0.15, 0.2) is 48.8 Å². The van der Waals surface area contributed by atoms with Gasteiger partial charge in [-0.2, -0.15) is 8.78 Å². The number of aryl methyl sites for hydroxylation is 1. The van der Waals surface area contributed by atoms with Crippen LogP contribution in [-0.4, -0.2) is 23.3 Å². The van der Waals surface area contributed by atoms with E-state index >= 15 is 0 Å². The first-order valence-electron chi connectivity index (χ1n) is 8.67. The van der Waals surface area contributed by atoms with Crippen LogP contribution in [-0.2, 0) is 13.6 Å². The highest BCUT2D eigenvalue weighted by Crippen LogP contribution is 2.37. The van der Waals surface area contributed by atoms with Crippen LogP contribution in [0.1, 0.15) is 23.0 Å². The zero-order chi connectivity index (χ0) is 21.0. The third-order valence-electron chi connectivity index (χ3n) is 4.34. The lowest BCUT2D eigenvalue weighted by molar-refractivity contribution is -0.0511. The minimum Gasteiger partial charge on any atom is -0.493 e. The highest BCUT2D eigenvalue weighted by Gasteiger charge is 2.22. The maximum Gasteiger partial charge on any atom is 0.387 e. The fourth-order valence-corrected chi connectivity index (χ4v) is 3.28. The Bertz CT molecular complexity index is 981. The van der Waals surface area contributed by atoms with E-state index in [1.807, 2.05) is 7.05 Å².